The van der Waals surface area contributed by atoms with Crippen LogP contribution in [0, 0.1) is 0 Å². The number of benzene rings is 2. The lowest BCUT2D eigenvalue weighted by Gasteiger charge is -2.49. The number of unbranched alkanes of at least 4 members (excludes halogenated alkanes) is 4. The van der Waals surface area contributed by atoms with Gasteiger partial charge in [0, 0.05) is 33.4 Å². The summed E-state index contributed by atoms with van der Waals surface area (Å²) >= 11 is 0. The summed E-state index contributed by atoms with van der Waals surface area (Å²) in [5.41, 5.74) is 1.40. The molecule has 2 fully saturated rings. The van der Waals surface area contributed by atoms with Gasteiger partial charge in [0.15, 0.2) is 18.7 Å². The molecule has 56 heavy (non-hydrogen) atoms. The lowest BCUT2D eigenvalue weighted by molar-refractivity contribution is -0.353. The van der Waals surface area contributed by atoms with E-state index in [9.17, 15) is 9.59 Å². The molecule has 2 aromatic carbocycles. The Hall–Kier alpha value is -2.94. The van der Waals surface area contributed by atoms with Crippen molar-refractivity contribution in [3.05, 3.63) is 71.8 Å². The van der Waals surface area contributed by atoms with Crippen molar-refractivity contribution >= 4 is 11.9 Å². The van der Waals surface area contributed by atoms with E-state index in [0.717, 1.165) is 56.9 Å². The smallest absolute Gasteiger partial charge is 0.338 e. The molecule has 1 amide bonds. The number of esters is 1. The van der Waals surface area contributed by atoms with Crippen LogP contribution in [0.5, 0.6) is 0 Å². The number of ether oxygens (including phenoxy) is 9. The summed E-state index contributed by atoms with van der Waals surface area (Å²) < 4.78 is 59.0. The van der Waals surface area contributed by atoms with Gasteiger partial charge >= 0.3 is 5.97 Å². The first-order valence-corrected chi connectivity index (χ1v) is 20.9. The number of nitrogens with one attached hydrogen (secondary N) is 1. The van der Waals surface area contributed by atoms with Crippen LogP contribution in [0.4, 0.5) is 0 Å². The van der Waals surface area contributed by atoms with Gasteiger partial charge in [0.05, 0.1) is 24.9 Å². The molecule has 10 unspecified atom stereocenters. The molecule has 4 rings (SSSR count). The van der Waals surface area contributed by atoms with Crippen molar-refractivity contribution in [3.63, 3.8) is 0 Å². The fourth-order valence-corrected chi connectivity index (χ4v) is 6.78. The zero-order chi connectivity index (χ0) is 40.1. The SMILES string of the molecule is CCCCOC1OC(C)C(OC2OC(COCc3ccccc3)C(OCCCC)C(OCCCC)C2OC(=O)c2ccccc2)C(OCCCC)C1NC(C)=O. The van der Waals surface area contributed by atoms with Crippen molar-refractivity contribution in [2.45, 2.75) is 161 Å². The monoisotopic (exact) mass is 785 g/mol. The third-order valence-corrected chi connectivity index (χ3v) is 9.89. The van der Waals surface area contributed by atoms with E-state index >= 15 is 0 Å². The maximum atomic E-state index is 13.9. The lowest BCUT2D eigenvalue weighted by atomic mass is 9.95. The normalized spacial score (nSPS) is 27.8. The topological polar surface area (TPSA) is 129 Å². The van der Waals surface area contributed by atoms with Crippen molar-refractivity contribution in [1.29, 1.82) is 0 Å². The first-order valence-electron chi connectivity index (χ1n) is 20.9. The summed E-state index contributed by atoms with van der Waals surface area (Å²) in [6.45, 7) is 14.0. The predicted octanol–water partition coefficient (Wildman–Crippen LogP) is 7.16. The van der Waals surface area contributed by atoms with Gasteiger partial charge in [-0.2, -0.15) is 0 Å². The van der Waals surface area contributed by atoms with Crippen LogP contribution in [0.15, 0.2) is 60.7 Å². The molecule has 0 aromatic heterocycles. The number of carbonyl (C=O) groups excluding carboxylic acids is 2. The number of carbonyl (C=O) groups is 2. The van der Waals surface area contributed by atoms with Crippen LogP contribution in [0.1, 0.15) is 109 Å². The minimum Gasteiger partial charge on any atom is -0.450 e. The fraction of sp³-hybridized carbons (Fsp3) is 0.682. The van der Waals surface area contributed by atoms with Crippen LogP contribution < -0.4 is 5.32 Å². The number of amides is 1. The van der Waals surface area contributed by atoms with Gasteiger partial charge in [0.25, 0.3) is 0 Å². The molecule has 10 atom stereocenters. The van der Waals surface area contributed by atoms with Crippen LogP contribution in [0.3, 0.4) is 0 Å². The average molecular weight is 786 g/mol. The van der Waals surface area contributed by atoms with E-state index in [-0.39, 0.29) is 12.5 Å². The van der Waals surface area contributed by atoms with Crippen molar-refractivity contribution in [2.75, 3.05) is 33.0 Å². The summed E-state index contributed by atoms with van der Waals surface area (Å²) in [4.78, 5) is 26.5. The second kappa shape index (κ2) is 25.4. The summed E-state index contributed by atoms with van der Waals surface area (Å²) in [6.07, 6.45) is -0.175. The van der Waals surface area contributed by atoms with Crippen LogP contribution in [-0.2, 0) is 54.0 Å². The number of hydrogen-bond acceptors (Lipinski definition) is 11. The van der Waals surface area contributed by atoms with E-state index in [0.29, 0.717) is 38.6 Å². The van der Waals surface area contributed by atoms with Crippen molar-refractivity contribution < 1.29 is 52.2 Å². The molecule has 0 radical (unpaired) electrons. The summed E-state index contributed by atoms with van der Waals surface area (Å²) in [5, 5.41) is 3.03. The molecule has 12 nitrogen and oxygen atoms in total. The molecular formula is C44H67NO11. The van der Waals surface area contributed by atoms with Gasteiger partial charge in [-0.1, -0.05) is 102 Å². The molecule has 1 N–H and O–H groups in total. The lowest BCUT2D eigenvalue weighted by Crippen LogP contribution is -2.68. The van der Waals surface area contributed by atoms with Gasteiger partial charge in [-0.05, 0) is 50.3 Å². The van der Waals surface area contributed by atoms with Gasteiger partial charge in [-0.15, -0.1) is 0 Å². The van der Waals surface area contributed by atoms with Crippen LogP contribution >= 0.6 is 0 Å². The molecule has 2 heterocycles. The van der Waals surface area contributed by atoms with Crippen LogP contribution in [-0.4, -0.2) is 106 Å². The Bertz CT molecular complexity index is 1370. The van der Waals surface area contributed by atoms with E-state index in [2.05, 4.69) is 33.0 Å². The number of hydrogen-bond donors (Lipinski definition) is 1. The molecule has 0 aliphatic carbocycles. The largest absolute Gasteiger partial charge is 0.450 e. The molecule has 2 saturated heterocycles. The van der Waals surface area contributed by atoms with Crippen molar-refractivity contribution in [1.82, 2.24) is 5.32 Å². The molecule has 0 saturated carbocycles. The minimum absolute atomic E-state index is 0.160. The number of rotatable bonds is 25. The van der Waals surface area contributed by atoms with Gasteiger partial charge < -0.3 is 47.9 Å². The van der Waals surface area contributed by atoms with E-state index < -0.39 is 67.3 Å². The Morgan fingerprint density at radius 3 is 1.79 bits per heavy atom. The highest BCUT2D eigenvalue weighted by Crippen LogP contribution is 2.35. The van der Waals surface area contributed by atoms with E-state index in [4.69, 9.17) is 42.6 Å². The first kappa shape index (κ1) is 45.8. The molecule has 12 heteroatoms. The Labute approximate surface area is 334 Å². The van der Waals surface area contributed by atoms with Crippen LogP contribution in [0.25, 0.3) is 0 Å². The maximum absolute atomic E-state index is 13.9. The van der Waals surface area contributed by atoms with Crippen molar-refractivity contribution in [3.8, 4) is 0 Å². The zero-order valence-electron chi connectivity index (χ0n) is 34.4. The quantitative estimate of drug-likeness (QED) is 0.0814. The van der Waals surface area contributed by atoms with Crippen molar-refractivity contribution in [2.24, 2.45) is 0 Å². The highest BCUT2D eigenvalue weighted by Gasteiger charge is 2.54. The summed E-state index contributed by atoms with van der Waals surface area (Å²) in [6, 6.07) is 18.1. The van der Waals surface area contributed by atoms with Gasteiger partial charge in [-0.3, -0.25) is 4.79 Å². The highest BCUT2D eigenvalue weighted by atomic mass is 16.8. The zero-order valence-corrected chi connectivity index (χ0v) is 34.4. The molecule has 314 valence electrons. The van der Waals surface area contributed by atoms with E-state index in [1.54, 1.807) is 24.3 Å². The highest BCUT2D eigenvalue weighted by molar-refractivity contribution is 5.89. The molecule has 0 spiro atoms. The third kappa shape index (κ3) is 14.2. The van der Waals surface area contributed by atoms with Gasteiger partial charge in [0.2, 0.25) is 5.91 Å². The Morgan fingerprint density at radius 1 is 0.643 bits per heavy atom. The Kier molecular flexibility index (Phi) is 20.8. The second-order valence-electron chi connectivity index (χ2n) is 14.6. The van der Waals surface area contributed by atoms with Gasteiger partial charge in [-0.25, -0.2) is 4.79 Å². The average Bonchev–Trinajstić information content (AvgIpc) is 3.20. The standard InChI is InChI=1S/C44H67NO11/c1-7-11-25-49-38-35(30-48-29-33-21-17-15-18-22-33)54-44(41(40(38)51-27-13-9-3)55-42(47)34-23-19-16-20-24-34)56-37-31(5)53-43(52-28-14-10-4)36(45-32(6)46)39(37)50-26-12-8-2/h15-24,31,35-41,43-44H,7-14,25-30H2,1-6H3,(H,45,46). The molecule has 2 aliphatic rings. The summed E-state index contributed by atoms with van der Waals surface area (Å²) in [7, 11) is 0. The second-order valence-corrected chi connectivity index (χ2v) is 14.6. The summed E-state index contributed by atoms with van der Waals surface area (Å²) in [5.74, 6) is -0.803. The minimum atomic E-state index is -1.16. The van der Waals surface area contributed by atoms with Gasteiger partial charge in [0.1, 0.15) is 36.6 Å². The predicted molar refractivity (Wildman–Crippen MR) is 212 cm³/mol. The fourth-order valence-electron chi connectivity index (χ4n) is 6.78. The van der Waals surface area contributed by atoms with Crippen LogP contribution in [0.2, 0.25) is 0 Å². The third-order valence-electron chi connectivity index (χ3n) is 9.89. The molecular weight excluding hydrogens is 718 g/mol. The van der Waals surface area contributed by atoms with E-state index in [1.165, 1.54) is 6.92 Å². The Morgan fingerprint density at radius 2 is 1.20 bits per heavy atom. The Balaban J connectivity index is 1.74. The molecule has 0 bridgehead atoms. The first-order chi connectivity index (χ1) is 27.3. The molecule has 2 aromatic rings. The maximum Gasteiger partial charge on any atom is 0.338 e. The molecule has 2 aliphatic heterocycles. The van der Waals surface area contributed by atoms with E-state index in [1.807, 2.05) is 43.3 Å².